The third-order valence-corrected chi connectivity index (χ3v) is 3.06. The molecule has 7 N–H and O–H groups in total. The molecule has 0 saturated heterocycles. The zero-order valence-corrected chi connectivity index (χ0v) is 10.3. The summed E-state index contributed by atoms with van der Waals surface area (Å²) in [7, 11) is 0. The summed E-state index contributed by atoms with van der Waals surface area (Å²) in [6, 6.07) is 4.67. The highest BCUT2D eigenvalue weighted by Crippen LogP contribution is 2.43. The molecule has 0 fully saturated rings. The maximum Gasteiger partial charge on any atom is 0.134 e. The minimum absolute atomic E-state index is 0.00208. The Bertz CT molecular complexity index is 651. The highest BCUT2D eigenvalue weighted by molar-refractivity contribution is 6.01. The minimum atomic E-state index is -0.115. The average molecular weight is 260 g/mol. The molecule has 100 valence electrons. The van der Waals surface area contributed by atoms with Crippen LogP contribution in [0.25, 0.3) is 16.8 Å². The standard InChI is InChI=1S/C14H16N2O3/c15-6-4-8-9(5-7-16)14(19)12-10(13(8)18)2-1-3-11(12)17/h1-3,5,7,17-19H,4,6,15-16H2/b7-5+. The monoisotopic (exact) mass is 260 g/mol. The van der Waals surface area contributed by atoms with Crippen LogP contribution >= 0.6 is 0 Å². The lowest BCUT2D eigenvalue weighted by atomic mass is 9.95. The normalized spacial score (nSPS) is 11.4. The molecular weight excluding hydrogens is 244 g/mol. The summed E-state index contributed by atoms with van der Waals surface area (Å²) in [5.41, 5.74) is 11.8. The predicted molar refractivity (Wildman–Crippen MR) is 74.9 cm³/mol. The van der Waals surface area contributed by atoms with Crippen molar-refractivity contribution in [3.8, 4) is 17.2 Å². The van der Waals surface area contributed by atoms with E-state index in [1.807, 2.05) is 0 Å². The van der Waals surface area contributed by atoms with Gasteiger partial charge in [0.1, 0.15) is 17.2 Å². The SMILES string of the molecule is N/C=C/c1c(CCN)c(O)c2cccc(O)c2c1O. The molecule has 2 rings (SSSR count). The third-order valence-electron chi connectivity index (χ3n) is 3.06. The number of phenolic OH excluding ortho intramolecular Hbond substituents is 3. The van der Waals surface area contributed by atoms with Gasteiger partial charge in [0.15, 0.2) is 0 Å². The molecule has 0 aliphatic heterocycles. The number of aromatic hydroxyl groups is 3. The molecule has 0 unspecified atom stereocenters. The lowest BCUT2D eigenvalue weighted by Crippen LogP contribution is -2.05. The Kier molecular flexibility index (Phi) is 3.48. The van der Waals surface area contributed by atoms with Crippen molar-refractivity contribution in [2.45, 2.75) is 6.42 Å². The van der Waals surface area contributed by atoms with Crippen molar-refractivity contribution in [3.63, 3.8) is 0 Å². The van der Waals surface area contributed by atoms with E-state index in [-0.39, 0.29) is 22.6 Å². The second-order valence-electron chi connectivity index (χ2n) is 4.19. The van der Waals surface area contributed by atoms with Crippen LogP contribution in [-0.4, -0.2) is 21.9 Å². The first kappa shape index (κ1) is 13.0. The summed E-state index contributed by atoms with van der Waals surface area (Å²) in [6.45, 7) is 0.322. The molecule has 2 aromatic carbocycles. The van der Waals surface area contributed by atoms with Gasteiger partial charge in [-0.15, -0.1) is 0 Å². The second kappa shape index (κ2) is 5.07. The van der Waals surface area contributed by atoms with Gasteiger partial charge in [-0.1, -0.05) is 12.1 Å². The van der Waals surface area contributed by atoms with Crippen LogP contribution in [0.3, 0.4) is 0 Å². The molecule has 0 atom stereocenters. The van der Waals surface area contributed by atoms with Crippen LogP contribution < -0.4 is 11.5 Å². The Morgan fingerprint density at radius 2 is 1.84 bits per heavy atom. The Hall–Kier alpha value is -2.40. The average Bonchev–Trinajstić information content (AvgIpc) is 2.39. The molecule has 2 aromatic rings. The van der Waals surface area contributed by atoms with Crippen LogP contribution in [0.15, 0.2) is 24.4 Å². The number of benzene rings is 2. The first-order valence-electron chi connectivity index (χ1n) is 5.88. The first-order chi connectivity index (χ1) is 9.11. The molecular formula is C14H16N2O3. The van der Waals surface area contributed by atoms with E-state index in [4.69, 9.17) is 11.5 Å². The second-order valence-corrected chi connectivity index (χ2v) is 4.19. The van der Waals surface area contributed by atoms with Crippen LogP contribution in [0.4, 0.5) is 0 Å². The lowest BCUT2D eigenvalue weighted by Gasteiger charge is -2.14. The molecule has 0 spiro atoms. The molecule has 0 saturated carbocycles. The van der Waals surface area contributed by atoms with Gasteiger partial charge in [-0.2, -0.15) is 0 Å². The summed E-state index contributed by atoms with van der Waals surface area (Å²) in [4.78, 5) is 0. The van der Waals surface area contributed by atoms with Gasteiger partial charge in [0.05, 0.1) is 5.39 Å². The molecule has 0 heterocycles. The predicted octanol–water partition coefficient (Wildman–Crippen LogP) is 1.39. The van der Waals surface area contributed by atoms with Gasteiger partial charge in [-0.05, 0) is 31.3 Å². The van der Waals surface area contributed by atoms with Crippen molar-refractivity contribution >= 4 is 16.8 Å². The lowest BCUT2D eigenvalue weighted by molar-refractivity contribution is 0.453. The largest absolute Gasteiger partial charge is 0.507 e. The van der Waals surface area contributed by atoms with Gasteiger partial charge in [0.25, 0.3) is 0 Å². The fourth-order valence-corrected chi connectivity index (χ4v) is 2.23. The van der Waals surface area contributed by atoms with E-state index in [2.05, 4.69) is 0 Å². The molecule has 0 amide bonds. The molecule has 5 nitrogen and oxygen atoms in total. The summed E-state index contributed by atoms with van der Waals surface area (Å²) in [6.07, 6.45) is 3.14. The fraction of sp³-hybridized carbons (Fsp3) is 0.143. The zero-order valence-electron chi connectivity index (χ0n) is 10.3. The number of phenols is 3. The van der Waals surface area contributed by atoms with Gasteiger partial charge in [0, 0.05) is 16.5 Å². The van der Waals surface area contributed by atoms with Crippen LogP contribution in [0.2, 0.25) is 0 Å². The summed E-state index contributed by atoms with van der Waals surface area (Å²) >= 11 is 0. The van der Waals surface area contributed by atoms with Crippen LogP contribution in [0.1, 0.15) is 11.1 Å². The maximum absolute atomic E-state index is 10.3. The Morgan fingerprint density at radius 3 is 2.47 bits per heavy atom. The topological polar surface area (TPSA) is 113 Å². The highest BCUT2D eigenvalue weighted by atomic mass is 16.3. The smallest absolute Gasteiger partial charge is 0.134 e. The third kappa shape index (κ3) is 2.04. The van der Waals surface area contributed by atoms with E-state index >= 15 is 0 Å². The summed E-state index contributed by atoms with van der Waals surface area (Å²) in [5.74, 6) is -0.213. The van der Waals surface area contributed by atoms with E-state index in [0.717, 1.165) is 0 Å². The molecule has 5 heteroatoms. The number of rotatable bonds is 3. The zero-order chi connectivity index (χ0) is 14.0. The Labute approximate surface area is 110 Å². The molecule has 19 heavy (non-hydrogen) atoms. The number of hydrogen-bond donors (Lipinski definition) is 5. The highest BCUT2D eigenvalue weighted by Gasteiger charge is 2.18. The van der Waals surface area contributed by atoms with Crippen molar-refractivity contribution in [1.29, 1.82) is 0 Å². The van der Waals surface area contributed by atoms with Crippen LogP contribution in [0.5, 0.6) is 17.2 Å². The molecule has 0 aromatic heterocycles. The van der Waals surface area contributed by atoms with Gasteiger partial charge in [-0.3, -0.25) is 0 Å². The van der Waals surface area contributed by atoms with E-state index in [1.54, 1.807) is 12.1 Å². The number of hydrogen-bond acceptors (Lipinski definition) is 5. The summed E-state index contributed by atoms with van der Waals surface area (Å²) in [5, 5.41) is 31.0. The molecule has 0 radical (unpaired) electrons. The Morgan fingerprint density at radius 1 is 1.11 bits per heavy atom. The van der Waals surface area contributed by atoms with Crippen molar-refractivity contribution < 1.29 is 15.3 Å². The summed E-state index contributed by atoms with van der Waals surface area (Å²) < 4.78 is 0. The van der Waals surface area contributed by atoms with Crippen molar-refractivity contribution in [1.82, 2.24) is 0 Å². The maximum atomic E-state index is 10.3. The van der Waals surface area contributed by atoms with Gasteiger partial charge in [0.2, 0.25) is 0 Å². The van der Waals surface area contributed by atoms with E-state index in [9.17, 15) is 15.3 Å². The van der Waals surface area contributed by atoms with Crippen molar-refractivity contribution in [2.24, 2.45) is 11.5 Å². The number of nitrogens with two attached hydrogens (primary N) is 2. The first-order valence-corrected chi connectivity index (χ1v) is 5.88. The van der Waals surface area contributed by atoms with Crippen molar-refractivity contribution in [3.05, 3.63) is 35.5 Å². The van der Waals surface area contributed by atoms with Crippen LogP contribution in [0, 0.1) is 0 Å². The van der Waals surface area contributed by atoms with Gasteiger partial charge < -0.3 is 26.8 Å². The minimum Gasteiger partial charge on any atom is -0.507 e. The number of fused-ring (bicyclic) bond motifs is 1. The molecule has 0 aliphatic carbocycles. The molecule has 0 aliphatic rings. The van der Waals surface area contributed by atoms with Crippen molar-refractivity contribution in [2.75, 3.05) is 6.54 Å². The van der Waals surface area contributed by atoms with E-state index in [0.29, 0.717) is 29.5 Å². The van der Waals surface area contributed by atoms with Gasteiger partial charge in [-0.25, -0.2) is 0 Å². The quantitative estimate of drug-likeness (QED) is 0.535. The van der Waals surface area contributed by atoms with E-state index < -0.39 is 0 Å². The van der Waals surface area contributed by atoms with Crippen LogP contribution in [-0.2, 0) is 6.42 Å². The Balaban J connectivity index is 2.93. The molecule has 0 bridgehead atoms. The van der Waals surface area contributed by atoms with E-state index in [1.165, 1.54) is 18.3 Å². The van der Waals surface area contributed by atoms with Gasteiger partial charge >= 0.3 is 0 Å². The fourth-order valence-electron chi connectivity index (χ4n) is 2.23.